The Morgan fingerprint density at radius 1 is 1.36 bits per heavy atom. The number of benzene rings is 1. The fraction of sp³-hybridized carbons (Fsp3) is 0.238. The predicted molar refractivity (Wildman–Crippen MR) is 101 cm³/mol. The number of aryl methyl sites for hydroxylation is 1. The summed E-state index contributed by atoms with van der Waals surface area (Å²) in [7, 11) is 0. The van der Waals surface area contributed by atoms with E-state index in [4.69, 9.17) is 9.68 Å². The molecule has 1 aliphatic rings. The van der Waals surface area contributed by atoms with Crippen molar-refractivity contribution < 1.29 is 9.21 Å². The molecule has 1 aliphatic heterocycles. The molecule has 3 heterocycles. The molecule has 7 nitrogen and oxygen atoms in total. The highest BCUT2D eigenvalue weighted by Gasteiger charge is 2.27. The van der Waals surface area contributed by atoms with Crippen LogP contribution in [0.4, 0.5) is 0 Å². The summed E-state index contributed by atoms with van der Waals surface area (Å²) in [6, 6.07) is 13.1. The van der Waals surface area contributed by atoms with Gasteiger partial charge in [-0.05, 0) is 18.6 Å². The first kappa shape index (κ1) is 17.7. The van der Waals surface area contributed by atoms with E-state index in [0.29, 0.717) is 43.1 Å². The molecule has 3 aromatic rings. The number of amides is 1. The van der Waals surface area contributed by atoms with Crippen molar-refractivity contribution in [3.05, 3.63) is 86.5 Å². The molecule has 4 rings (SSSR count). The fourth-order valence-electron chi connectivity index (χ4n) is 3.37. The largest absolute Gasteiger partial charge is 0.445 e. The summed E-state index contributed by atoms with van der Waals surface area (Å²) in [6.07, 6.45) is 1.18. The van der Waals surface area contributed by atoms with Crippen molar-refractivity contribution in [2.24, 2.45) is 0 Å². The Labute approximate surface area is 161 Å². The Morgan fingerprint density at radius 3 is 2.89 bits per heavy atom. The van der Waals surface area contributed by atoms with Crippen LogP contribution in [0, 0.1) is 18.3 Å². The monoisotopic (exact) mass is 374 g/mol. The third kappa shape index (κ3) is 3.32. The van der Waals surface area contributed by atoms with Gasteiger partial charge in [0.15, 0.2) is 5.89 Å². The molecule has 0 unspecified atom stereocenters. The van der Waals surface area contributed by atoms with Crippen molar-refractivity contribution in [2.45, 2.75) is 26.3 Å². The summed E-state index contributed by atoms with van der Waals surface area (Å²) in [5, 5.41) is 9.06. The molecular formula is C21H18N4O3. The Morgan fingerprint density at radius 2 is 2.14 bits per heavy atom. The first-order valence-electron chi connectivity index (χ1n) is 9.00. The maximum absolute atomic E-state index is 12.9. The van der Waals surface area contributed by atoms with Gasteiger partial charge in [0.2, 0.25) is 0 Å². The molecule has 140 valence electrons. The number of oxazole rings is 1. The van der Waals surface area contributed by atoms with Crippen LogP contribution in [0.3, 0.4) is 0 Å². The normalized spacial score (nSPS) is 13.1. The van der Waals surface area contributed by atoms with Gasteiger partial charge in [-0.15, -0.1) is 0 Å². The summed E-state index contributed by atoms with van der Waals surface area (Å²) in [6.45, 7) is 2.48. The number of pyridine rings is 1. The van der Waals surface area contributed by atoms with Crippen LogP contribution >= 0.6 is 0 Å². The molecule has 1 aromatic carbocycles. The Kier molecular flexibility index (Phi) is 4.53. The van der Waals surface area contributed by atoms with E-state index in [2.05, 4.69) is 9.97 Å². The first-order valence-corrected chi connectivity index (χ1v) is 9.00. The Bertz CT molecular complexity index is 1140. The molecule has 2 aromatic heterocycles. The van der Waals surface area contributed by atoms with Crippen molar-refractivity contribution in [3.8, 4) is 6.07 Å². The van der Waals surface area contributed by atoms with Crippen LogP contribution in [-0.2, 0) is 19.4 Å². The molecule has 0 saturated carbocycles. The fourth-order valence-corrected chi connectivity index (χ4v) is 3.37. The molecule has 28 heavy (non-hydrogen) atoms. The lowest BCUT2D eigenvalue weighted by molar-refractivity contribution is 0.0726. The quantitative estimate of drug-likeness (QED) is 0.758. The van der Waals surface area contributed by atoms with E-state index in [1.807, 2.05) is 36.4 Å². The predicted octanol–water partition coefficient (Wildman–Crippen LogP) is 2.33. The summed E-state index contributed by atoms with van der Waals surface area (Å²) in [4.78, 5) is 33.5. The zero-order valence-electron chi connectivity index (χ0n) is 15.4. The first-order chi connectivity index (χ1) is 13.5. The highest BCUT2D eigenvalue weighted by molar-refractivity contribution is 5.95. The molecule has 0 bridgehead atoms. The van der Waals surface area contributed by atoms with Gasteiger partial charge in [0, 0.05) is 25.1 Å². The number of nitrogens with one attached hydrogen (secondary N) is 1. The summed E-state index contributed by atoms with van der Waals surface area (Å²) >= 11 is 0. The second-order valence-electron chi connectivity index (χ2n) is 6.78. The molecule has 1 N–H and O–H groups in total. The van der Waals surface area contributed by atoms with Crippen LogP contribution in [0.1, 0.15) is 44.5 Å². The molecule has 0 radical (unpaired) electrons. The van der Waals surface area contributed by atoms with E-state index >= 15 is 0 Å². The number of rotatable bonds is 3. The van der Waals surface area contributed by atoms with Crippen LogP contribution < -0.4 is 5.56 Å². The number of nitrogens with zero attached hydrogens (tertiary/aromatic N) is 3. The van der Waals surface area contributed by atoms with Gasteiger partial charge in [-0.3, -0.25) is 9.59 Å². The van der Waals surface area contributed by atoms with Gasteiger partial charge in [0.25, 0.3) is 11.5 Å². The summed E-state index contributed by atoms with van der Waals surface area (Å²) in [5.74, 6) is 1.21. The number of aromatic amines is 1. The summed E-state index contributed by atoms with van der Waals surface area (Å²) in [5.41, 5.74) is 2.09. The van der Waals surface area contributed by atoms with Crippen LogP contribution in [-0.4, -0.2) is 27.3 Å². The number of carbonyl (C=O) groups excluding carboxylic acids is 1. The number of fused-ring (bicyclic) bond motifs is 1. The van der Waals surface area contributed by atoms with Crippen LogP contribution in [0.2, 0.25) is 0 Å². The average Bonchev–Trinajstić information content (AvgIpc) is 3.09. The Balaban J connectivity index is 1.55. The maximum atomic E-state index is 12.9. The number of aromatic nitrogens is 2. The van der Waals surface area contributed by atoms with Gasteiger partial charge in [-0.25, -0.2) is 4.98 Å². The van der Waals surface area contributed by atoms with Gasteiger partial charge >= 0.3 is 0 Å². The molecule has 0 aliphatic carbocycles. The van der Waals surface area contributed by atoms with E-state index in [-0.39, 0.29) is 11.5 Å². The minimum Gasteiger partial charge on any atom is -0.445 e. The lowest BCUT2D eigenvalue weighted by Gasteiger charge is -2.26. The number of carbonyl (C=O) groups is 1. The molecule has 0 fully saturated rings. The molecule has 1 amide bonds. The lowest BCUT2D eigenvalue weighted by Crippen LogP contribution is -2.36. The summed E-state index contributed by atoms with van der Waals surface area (Å²) < 4.78 is 5.88. The van der Waals surface area contributed by atoms with Gasteiger partial charge < -0.3 is 14.3 Å². The minimum absolute atomic E-state index is 0.0711. The molecule has 0 atom stereocenters. The number of H-pyrrole nitrogens is 1. The molecule has 0 spiro atoms. The smallest absolute Gasteiger partial charge is 0.266 e. The van der Waals surface area contributed by atoms with Crippen molar-refractivity contribution in [2.75, 3.05) is 6.54 Å². The number of hydrogen-bond acceptors (Lipinski definition) is 5. The van der Waals surface area contributed by atoms with Gasteiger partial charge in [-0.1, -0.05) is 30.3 Å². The number of hydrogen-bond donors (Lipinski definition) is 1. The van der Waals surface area contributed by atoms with E-state index < -0.39 is 5.56 Å². The average molecular weight is 374 g/mol. The molecule has 7 heteroatoms. The van der Waals surface area contributed by atoms with Crippen LogP contribution in [0.5, 0.6) is 0 Å². The van der Waals surface area contributed by atoms with E-state index in [1.54, 1.807) is 11.8 Å². The Hall–Kier alpha value is -3.66. The molecule has 0 saturated heterocycles. The van der Waals surface area contributed by atoms with Crippen molar-refractivity contribution in [1.29, 1.82) is 5.26 Å². The SMILES string of the molecule is Cc1[nH]c(=O)c(C#N)cc1C(=O)N1CCc2oc(Cc3ccccc3)nc2C1. The highest BCUT2D eigenvalue weighted by Crippen LogP contribution is 2.23. The minimum atomic E-state index is -0.487. The molecular weight excluding hydrogens is 356 g/mol. The lowest BCUT2D eigenvalue weighted by atomic mass is 10.1. The third-order valence-electron chi connectivity index (χ3n) is 4.85. The zero-order chi connectivity index (χ0) is 19.7. The topological polar surface area (TPSA) is 103 Å². The maximum Gasteiger partial charge on any atom is 0.266 e. The van der Waals surface area contributed by atoms with E-state index in [1.165, 1.54) is 6.07 Å². The van der Waals surface area contributed by atoms with Crippen LogP contribution in [0.15, 0.2) is 45.6 Å². The second kappa shape index (κ2) is 7.16. The van der Waals surface area contributed by atoms with Gasteiger partial charge in [-0.2, -0.15) is 5.26 Å². The van der Waals surface area contributed by atoms with E-state index in [9.17, 15) is 9.59 Å². The van der Waals surface area contributed by atoms with Gasteiger partial charge in [0.1, 0.15) is 23.1 Å². The van der Waals surface area contributed by atoms with Crippen molar-refractivity contribution in [1.82, 2.24) is 14.9 Å². The van der Waals surface area contributed by atoms with Gasteiger partial charge in [0.05, 0.1) is 12.1 Å². The standard InChI is InChI=1S/C21H18N4O3/c1-13-16(10-15(11-22)20(26)23-13)21(27)25-8-7-18-17(12-25)24-19(28-18)9-14-5-3-2-4-6-14/h2-6,10H,7-9,12H2,1H3,(H,23,26). The van der Waals surface area contributed by atoms with E-state index in [0.717, 1.165) is 17.0 Å². The highest BCUT2D eigenvalue weighted by atomic mass is 16.4. The van der Waals surface area contributed by atoms with Crippen molar-refractivity contribution >= 4 is 5.91 Å². The zero-order valence-corrected chi connectivity index (χ0v) is 15.4. The van der Waals surface area contributed by atoms with Crippen molar-refractivity contribution in [3.63, 3.8) is 0 Å². The second-order valence-corrected chi connectivity index (χ2v) is 6.78. The van der Waals surface area contributed by atoms with Crippen LogP contribution in [0.25, 0.3) is 0 Å². The third-order valence-corrected chi connectivity index (χ3v) is 4.85. The number of nitriles is 1.